The van der Waals surface area contributed by atoms with E-state index in [-0.39, 0.29) is 5.91 Å². The Labute approximate surface area is 157 Å². The zero-order chi connectivity index (χ0) is 18.1. The smallest absolute Gasteiger partial charge is 0.251 e. The lowest BCUT2D eigenvalue weighted by molar-refractivity contribution is 0.0924. The van der Waals surface area contributed by atoms with E-state index in [1.165, 1.54) is 18.5 Å². The maximum absolute atomic E-state index is 12.6. The molecule has 0 aliphatic carbocycles. The van der Waals surface area contributed by atoms with Crippen LogP contribution < -0.4 is 15.5 Å². The van der Waals surface area contributed by atoms with E-state index in [4.69, 9.17) is 0 Å². The maximum atomic E-state index is 12.6. The van der Waals surface area contributed by atoms with Crippen LogP contribution in [0, 0.1) is 0 Å². The molecule has 2 unspecified atom stereocenters. The predicted molar refractivity (Wildman–Crippen MR) is 106 cm³/mol. The van der Waals surface area contributed by atoms with Crippen molar-refractivity contribution in [2.45, 2.75) is 63.7 Å². The monoisotopic (exact) mass is 356 g/mol. The van der Waals surface area contributed by atoms with Gasteiger partial charge in [0.15, 0.2) is 0 Å². The van der Waals surface area contributed by atoms with E-state index in [9.17, 15) is 4.79 Å². The largest absolute Gasteiger partial charge is 0.369 e. The summed E-state index contributed by atoms with van der Waals surface area (Å²) >= 11 is 0. The average Bonchev–Trinajstić information content (AvgIpc) is 3.00. The molecule has 2 atom stereocenters. The Kier molecular flexibility index (Phi) is 5.18. The SMILES string of the molecule is CC(C)N1CCN(c2ccc(C(=O)NC3CC4CCC(C3)N4)cc2)CC1. The third-order valence-corrected chi connectivity index (χ3v) is 6.35. The minimum Gasteiger partial charge on any atom is -0.369 e. The van der Waals surface area contributed by atoms with Crippen molar-refractivity contribution in [3.63, 3.8) is 0 Å². The standard InChI is InChI=1S/C21H32N4O/c1-15(2)24-9-11-25(12-10-24)20-7-3-16(4-8-20)21(26)23-19-13-17-5-6-18(14-19)22-17/h3-4,7-8,15,17-19,22H,5-6,9-14H2,1-2H3,(H,23,26). The van der Waals surface area contributed by atoms with Crippen LogP contribution >= 0.6 is 0 Å². The highest BCUT2D eigenvalue weighted by Gasteiger charge is 2.34. The molecule has 4 rings (SSSR count). The van der Waals surface area contributed by atoms with Gasteiger partial charge in [0.1, 0.15) is 0 Å². The molecule has 5 heteroatoms. The molecule has 3 aliphatic rings. The number of nitrogens with one attached hydrogen (secondary N) is 2. The van der Waals surface area contributed by atoms with Gasteiger partial charge in [0.2, 0.25) is 0 Å². The Balaban J connectivity index is 1.32. The molecule has 3 heterocycles. The van der Waals surface area contributed by atoms with Gasteiger partial charge in [-0.05, 0) is 63.8 Å². The predicted octanol–water partition coefficient (Wildman–Crippen LogP) is 2.23. The minimum absolute atomic E-state index is 0.0764. The first-order valence-corrected chi connectivity index (χ1v) is 10.2. The molecule has 1 amide bonds. The van der Waals surface area contributed by atoms with Crippen molar-refractivity contribution < 1.29 is 4.79 Å². The third kappa shape index (κ3) is 3.89. The van der Waals surface area contributed by atoms with Gasteiger partial charge < -0.3 is 15.5 Å². The Hall–Kier alpha value is -1.59. The van der Waals surface area contributed by atoms with Crippen LogP contribution in [0.15, 0.2) is 24.3 Å². The number of benzene rings is 1. The second-order valence-electron chi connectivity index (χ2n) is 8.44. The van der Waals surface area contributed by atoms with Crippen LogP contribution in [0.1, 0.15) is 49.9 Å². The van der Waals surface area contributed by atoms with E-state index in [0.29, 0.717) is 24.2 Å². The van der Waals surface area contributed by atoms with Gasteiger partial charge in [0.05, 0.1) is 0 Å². The molecule has 1 aromatic rings. The summed E-state index contributed by atoms with van der Waals surface area (Å²) < 4.78 is 0. The highest BCUT2D eigenvalue weighted by atomic mass is 16.1. The van der Waals surface area contributed by atoms with Crippen molar-refractivity contribution in [1.29, 1.82) is 0 Å². The topological polar surface area (TPSA) is 47.6 Å². The van der Waals surface area contributed by atoms with Gasteiger partial charge in [-0.25, -0.2) is 0 Å². The second-order valence-corrected chi connectivity index (χ2v) is 8.44. The van der Waals surface area contributed by atoms with Crippen LogP contribution in [0.5, 0.6) is 0 Å². The molecule has 3 fully saturated rings. The van der Waals surface area contributed by atoms with Crippen LogP contribution in [0.4, 0.5) is 5.69 Å². The van der Waals surface area contributed by atoms with Gasteiger partial charge in [-0.3, -0.25) is 9.69 Å². The Morgan fingerprint density at radius 2 is 1.65 bits per heavy atom. The average molecular weight is 357 g/mol. The highest BCUT2D eigenvalue weighted by Crippen LogP contribution is 2.27. The molecule has 0 radical (unpaired) electrons. The molecule has 3 saturated heterocycles. The van der Waals surface area contributed by atoms with Crippen LogP contribution in [0.2, 0.25) is 0 Å². The summed E-state index contributed by atoms with van der Waals surface area (Å²) in [5, 5.41) is 6.88. The lowest BCUT2D eigenvalue weighted by Crippen LogP contribution is -2.49. The fourth-order valence-corrected chi connectivity index (χ4v) is 4.76. The van der Waals surface area contributed by atoms with Gasteiger partial charge in [0.25, 0.3) is 5.91 Å². The first-order chi connectivity index (χ1) is 12.6. The van der Waals surface area contributed by atoms with Crippen molar-refractivity contribution in [3.05, 3.63) is 29.8 Å². The molecule has 26 heavy (non-hydrogen) atoms. The highest BCUT2D eigenvalue weighted by molar-refractivity contribution is 5.94. The summed E-state index contributed by atoms with van der Waals surface area (Å²) in [6.07, 6.45) is 4.66. The lowest BCUT2D eigenvalue weighted by atomic mass is 9.99. The maximum Gasteiger partial charge on any atom is 0.251 e. The number of anilines is 1. The summed E-state index contributed by atoms with van der Waals surface area (Å²) in [6.45, 7) is 8.85. The van der Waals surface area contributed by atoms with Crippen molar-refractivity contribution in [2.24, 2.45) is 0 Å². The van der Waals surface area contributed by atoms with Gasteiger partial charge in [-0.1, -0.05) is 0 Å². The molecule has 0 spiro atoms. The summed E-state index contributed by atoms with van der Waals surface area (Å²) in [6, 6.07) is 10.3. The molecule has 0 saturated carbocycles. The lowest BCUT2D eigenvalue weighted by Gasteiger charge is -2.38. The summed E-state index contributed by atoms with van der Waals surface area (Å²) in [7, 11) is 0. The van der Waals surface area contributed by atoms with E-state index in [0.717, 1.165) is 44.6 Å². The molecule has 0 aromatic heterocycles. The molecular formula is C21H32N4O. The van der Waals surface area contributed by atoms with Crippen LogP contribution in [-0.4, -0.2) is 61.2 Å². The zero-order valence-corrected chi connectivity index (χ0v) is 16.1. The Bertz CT molecular complexity index is 609. The number of piperazine rings is 1. The molecule has 2 bridgehead atoms. The van der Waals surface area contributed by atoms with Crippen LogP contribution in [-0.2, 0) is 0 Å². The molecule has 142 valence electrons. The van der Waals surface area contributed by atoms with E-state index in [2.05, 4.69) is 46.4 Å². The Morgan fingerprint density at radius 3 is 2.23 bits per heavy atom. The minimum atomic E-state index is 0.0764. The van der Waals surface area contributed by atoms with Gasteiger partial charge in [-0.15, -0.1) is 0 Å². The molecular weight excluding hydrogens is 324 g/mol. The van der Waals surface area contributed by atoms with E-state index in [1.807, 2.05) is 12.1 Å². The number of carbonyl (C=O) groups is 1. The number of fused-ring (bicyclic) bond motifs is 2. The number of hydrogen-bond donors (Lipinski definition) is 2. The van der Waals surface area contributed by atoms with E-state index in [1.54, 1.807) is 0 Å². The normalized spacial score (nSPS) is 29.2. The van der Waals surface area contributed by atoms with Crippen molar-refractivity contribution in [2.75, 3.05) is 31.1 Å². The Morgan fingerprint density at radius 1 is 1.04 bits per heavy atom. The number of hydrogen-bond acceptors (Lipinski definition) is 4. The summed E-state index contributed by atoms with van der Waals surface area (Å²) in [5.41, 5.74) is 2.00. The second kappa shape index (κ2) is 7.57. The van der Waals surface area contributed by atoms with Crippen LogP contribution in [0.3, 0.4) is 0 Å². The first-order valence-electron chi connectivity index (χ1n) is 10.2. The summed E-state index contributed by atoms with van der Waals surface area (Å²) in [4.78, 5) is 17.5. The van der Waals surface area contributed by atoms with Gasteiger partial charge in [0, 0.05) is 61.6 Å². The zero-order valence-electron chi connectivity index (χ0n) is 16.1. The molecule has 5 nitrogen and oxygen atoms in total. The molecule has 3 aliphatic heterocycles. The van der Waals surface area contributed by atoms with Crippen molar-refractivity contribution in [3.8, 4) is 0 Å². The number of rotatable bonds is 4. The number of carbonyl (C=O) groups excluding carboxylic acids is 1. The number of amides is 1. The summed E-state index contributed by atoms with van der Waals surface area (Å²) in [5.74, 6) is 0.0764. The quantitative estimate of drug-likeness (QED) is 0.869. The number of nitrogens with zero attached hydrogens (tertiary/aromatic N) is 2. The number of piperidine rings is 1. The molecule has 2 N–H and O–H groups in total. The van der Waals surface area contributed by atoms with Gasteiger partial charge in [-0.2, -0.15) is 0 Å². The van der Waals surface area contributed by atoms with Gasteiger partial charge >= 0.3 is 0 Å². The van der Waals surface area contributed by atoms with Crippen LogP contribution in [0.25, 0.3) is 0 Å². The fraction of sp³-hybridized carbons (Fsp3) is 0.667. The first kappa shape index (κ1) is 17.8. The van der Waals surface area contributed by atoms with E-state index >= 15 is 0 Å². The van der Waals surface area contributed by atoms with Crippen molar-refractivity contribution >= 4 is 11.6 Å². The van der Waals surface area contributed by atoms with E-state index < -0.39 is 0 Å². The fourth-order valence-electron chi connectivity index (χ4n) is 4.76. The molecule has 1 aromatic carbocycles. The third-order valence-electron chi connectivity index (χ3n) is 6.35. The van der Waals surface area contributed by atoms with Crippen molar-refractivity contribution in [1.82, 2.24) is 15.5 Å².